The zero-order chi connectivity index (χ0) is 18.9. The van der Waals surface area contributed by atoms with Gasteiger partial charge in [0.1, 0.15) is 11.5 Å². The first kappa shape index (κ1) is 18.5. The third-order valence-corrected chi connectivity index (χ3v) is 4.88. The lowest BCUT2D eigenvalue weighted by atomic mass is 9.96. The second-order valence-corrected chi connectivity index (χ2v) is 7.77. The van der Waals surface area contributed by atoms with Crippen molar-refractivity contribution in [3.63, 3.8) is 0 Å². The molecule has 2 heterocycles. The minimum absolute atomic E-state index is 0.103. The number of rotatable bonds is 4. The fourth-order valence-electron chi connectivity index (χ4n) is 3.34. The predicted molar refractivity (Wildman–Crippen MR) is 97.0 cm³/mol. The van der Waals surface area contributed by atoms with Gasteiger partial charge in [0.15, 0.2) is 0 Å². The summed E-state index contributed by atoms with van der Waals surface area (Å²) in [6.45, 7) is 7.64. The van der Waals surface area contributed by atoms with Crippen LogP contribution in [0.25, 0.3) is 0 Å². The number of carbonyl (C=O) groups is 1. The van der Waals surface area contributed by atoms with Crippen molar-refractivity contribution in [3.05, 3.63) is 47.0 Å². The maximum Gasteiger partial charge on any atom is 0.254 e. The van der Waals surface area contributed by atoms with Crippen LogP contribution in [0.2, 0.25) is 0 Å². The lowest BCUT2D eigenvalue weighted by molar-refractivity contribution is 0.0658. The number of carbonyl (C=O) groups excluding carboxylic acids is 1. The van der Waals surface area contributed by atoms with Crippen molar-refractivity contribution >= 4 is 5.91 Å². The highest BCUT2D eigenvalue weighted by atomic mass is 19.1. The van der Waals surface area contributed by atoms with Crippen LogP contribution in [0.15, 0.2) is 24.4 Å². The minimum atomic E-state index is -0.526. The van der Waals surface area contributed by atoms with Gasteiger partial charge in [-0.2, -0.15) is 0 Å². The Hall–Kier alpha value is -2.28. The first-order valence-corrected chi connectivity index (χ1v) is 8.99. The zero-order valence-electron chi connectivity index (χ0n) is 15.6. The van der Waals surface area contributed by atoms with Gasteiger partial charge in [0.25, 0.3) is 5.91 Å². The Morgan fingerprint density at radius 2 is 2.19 bits per heavy atom. The van der Waals surface area contributed by atoms with Crippen molar-refractivity contribution in [2.24, 2.45) is 11.7 Å². The van der Waals surface area contributed by atoms with E-state index in [1.165, 1.54) is 12.1 Å². The molecule has 1 aromatic heterocycles. The molecule has 0 saturated carbocycles. The predicted octanol–water partition coefficient (Wildman–Crippen LogP) is 2.47. The summed E-state index contributed by atoms with van der Waals surface area (Å²) in [6.07, 6.45) is 3.82. The lowest BCUT2D eigenvalue weighted by Crippen LogP contribution is -2.41. The Labute approximate surface area is 153 Å². The van der Waals surface area contributed by atoms with Gasteiger partial charge in [0.05, 0.1) is 11.7 Å². The summed E-state index contributed by atoms with van der Waals surface area (Å²) < 4.78 is 15.3. The summed E-state index contributed by atoms with van der Waals surface area (Å²) >= 11 is 0. The number of likely N-dealkylation sites (tertiary alicyclic amines) is 1. The molecule has 26 heavy (non-hydrogen) atoms. The molecule has 6 nitrogen and oxygen atoms in total. The highest BCUT2D eigenvalue weighted by Crippen LogP contribution is 2.22. The summed E-state index contributed by atoms with van der Waals surface area (Å²) in [5.74, 6) is -0.196. The number of halogens is 1. The van der Waals surface area contributed by atoms with Crippen molar-refractivity contribution in [2.45, 2.75) is 45.7 Å². The highest BCUT2D eigenvalue weighted by Gasteiger charge is 2.27. The molecule has 1 aliphatic heterocycles. The van der Waals surface area contributed by atoms with Crippen molar-refractivity contribution in [1.29, 1.82) is 0 Å². The number of aromatic nitrogens is 3. The van der Waals surface area contributed by atoms with Crippen molar-refractivity contribution in [1.82, 2.24) is 19.9 Å². The van der Waals surface area contributed by atoms with Gasteiger partial charge in [-0.15, -0.1) is 5.10 Å². The molecule has 0 spiro atoms. The molecule has 1 fully saturated rings. The van der Waals surface area contributed by atoms with Crippen molar-refractivity contribution in [2.75, 3.05) is 13.1 Å². The Balaban J connectivity index is 1.68. The molecule has 0 bridgehead atoms. The molecule has 3 rings (SSSR count). The van der Waals surface area contributed by atoms with E-state index >= 15 is 0 Å². The van der Waals surface area contributed by atoms with E-state index in [2.05, 4.69) is 10.3 Å². The summed E-state index contributed by atoms with van der Waals surface area (Å²) in [5, 5.41) is 8.31. The lowest BCUT2D eigenvalue weighted by Gasteiger charge is -2.33. The van der Waals surface area contributed by atoms with Crippen LogP contribution in [0.4, 0.5) is 4.39 Å². The van der Waals surface area contributed by atoms with E-state index in [0.29, 0.717) is 25.2 Å². The zero-order valence-corrected chi connectivity index (χ0v) is 15.6. The fourth-order valence-corrected chi connectivity index (χ4v) is 3.34. The summed E-state index contributed by atoms with van der Waals surface area (Å²) in [6, 6.07) is 4.36. The fraction of sp³-hybridized carbons (Fsp3) is 0.526. The molecule has 1 aromatic carbocycles. The number of piperidine rings is 1. The number of aryl methyl sites for hydroxylation is 1. The standard InChI is InChI=1S/C19H26FN5O/c1-13-6-7-15(20)9-16(13)18(26)24-8-4-5-14(10-24)11-25-12-17(22-23-25)19(2,3)21/h6-7,9,12,14H,4-5,8,10-11,21H2,1-3H3/t14-/m0/s1. The van der Waals surface area contributed by atoms with E-state index in [1.54, 1.807) is 10.7 Å². The smallest absolute Gasteiger partial charge is 0.254 e. The number of benzene rings is 1. The van der Waals surface area contributed by atoms with Gasteiger partial charge in [0, 0.05) is 25.2 Å². The normalized spacial score (nSPS) is 18.2. The molecule has 1 amide bonds. The molecule has 0 aliphatic carbocycles. The summed E-state index contributed by atoms with van der Waals surface area (Å²) in [5.41, 5.74) is 7.52. The average molecular weight is 359 g/mol. The van der Waals surface area contributed by atoms with Crippen molar-refractivity contribution < 1.29 is 9.18 Å². The monoisotopic (exact) mass is 359 g/mol. The molecule has 1 saturated heterocycles. The van der Waals surface area contributed by atoms with Gasteiger partial charge >= 0.3 is 0 Å². The molecule has 7 heteroatoms. The van der Waals surface area contributed by atoms with Crippen LogP contribution < -0.4 is 5.73 Å². The number of amides is 1. The summed E-state index contributed by atoms with van der Waals surface area (Å²) in [4.78, 5) is 14.6. The Bertz CT molecular complexity index is 795. The maximum absolute atomic E-state index is 13.5. The van der Waals surface area contributed by atoms with Crippen molar-refractivity contribution in [3.8, 4) is 0 Å². The number of hydrogen-bond donors (Lipinski definition) is 1. The van der Waals surface area contributed by atoms with E-state index in [0.717, 1.165) is 24.1 Å². The molecular formula is C19H26FN5O. The third kappa shape index (κ3) is 4.09. The van der Waals surface area contributed by atoms with Crippen LogP contribution in [0.5, 0.6) is 0 Å². The second kappa shape index (κ2) is 7.15. The van der Waals surface area contributed by atoms with Crippen LogP contribution in [0.3, 0.4) is 0 Å². The second-order valence-electron chi connectivity index (χ2n) is 7.77. The Morgan fingerprint density at radius 1 is 1.42 bits per heavy atom. The molecule has 2 N–H and O–H groups in total. The Kier molecular flexibility index (Phi) is 5.09. The highest BCUT2D eigenvalue weighted by molar-refractivity contribution is 5.95. The van der Waals surface area contributed by atoms with Gasteiger partial charge in [-0.05, 0) is 57.2 Å². The van der Waals surface area contributed by atoms with E-state index in [4.69, 9.17) is 5.73 Å². The van der Waals surface area contributed by atoms with E-state index in [1.807, 2.05) is 31.9 Å². The topological polar surface area (TPSA) is 77.0 Å². The van der Waals surface area contributed by atoms with Crippen LogP contribution in [0.1, 0.15) is 48.3 Å². The van der Waals surface area contributed by atoms with Gasteiger partial charge in [-0.1, -0.05) is 11.3 Å². The van der Waals surface area contributed by atoms with Gasteiger partial charge < -0.3 is 10.6 Å². The SMILES string of the molecule is Cc1ccc(F)cc1C(=O)N1CCC[C@H](Cn2cc(C(C)(C)N)nn2)C1. The first-order valence-electron chi connectivity index (χ1n) is 8.99. The third-order valence-electron chi connectivity index (χ3n) is 4.88. The average Bonchev–Trinajstić information content (AvgIpc) is 3.05. The molecule has 1 aliphatic rings. The van der Waals surface area contributed by atoms with Gasteiger partial charge in [0.2, 0.25) is 0 Å². The number of nitrogens with two attached hydrogens (primary N) is 1. The first-order chi connectivity index (χ1) is 12.2. The summed E-state index contributed by atoms with van der Waals surface area (Å²) in [7, 11) is 0. The molecule has 0 radical (unpaired) electrons. The van der Waals surface area contributed by atoms with E-state index in [-0.39, 0.29) is 17.6 Å². The quantitative estimate of drug-likeness (QED) is 0.910. The van der Waals surface area contributed by atoms with Gasteiger partial charge in [-0.25, -0.2) is 4.39 Å². The van der Waals surface area contributed by atoms with Gasteiger partial charge in [-0.3, -0.25) is 9.48 Å². The van der Waals surface area contributed by atoms with E-state index in [9.17, 15) is 9.18 Å². The molecule has 2 aromatic rings. The number of nitrogens with zero attached hydrogens (tertiary/aromatic N) is 4. The number of hydrogen-bond acceptors (Lipinski definition) is 4. The minimum Gasteiger partial charge on any atom is -0.338 e. The van der Waals surface area contributed by atoms with Crippen LogP contribution in [0, 0.1) is 18.7 Å². The maximum atomic E-state index is 13.5. The van der Waals surface area contributed by atoms with Crippen LogP contribution in [-0.4, -0.2) is 38.9 Å². The molecule has 1 atom stereocenters. The Morgan fingerprint density at radius 3 is 2.88 bits per heavy atom. The molecule has 140 valence electrons. The van der Waals surface area contributed by atoms with Crippen LogP contribution in [-0.2, 0) is 12.1 Å². The largest absolute Gasteiger partial charge is 0.338 e. The molecule has 0 unspecified atom stereocenters. The molecular weight excluding hydrogens is 333 g/mol. The van der Waals surface area contributed by atoms with E-state index < -0.39 is 5.54 Å². The van der Waals surface area contributed by atoms with Crippen LogP contribution >= 0.6 is 0 Å².